The molecule has 0 unspecified atom stereocenters. The summed E-state index contributed by atoms with van der Waals surface area (Å²) in [6.45, 7) is 0.909. The van der Waals surface area contributed by atoms with Crippen LogP contribution in [0.25, 0.3) is 0 Å². The van der Waals surface area contributed by atoms with E-state index in [-0.39, 0.29) is 29.7 Å². The number of nitrogens with one attached hydrogen (secondary N) is 2. The first-order valence-electron chi connectivity index (χ1n) is 6.20. The van der Waals surface area contributed by atoms with E-state index in [9.17, 15) is 8.42 Å². The molecule has 0 aliphatic heterocycles. The topological polar surface area (TPSA) is 79.8 Å². The number of halogens is 1. The Labute approximate surface area is 143 Å². The maximum atomic E-state index is 11.0. The Kier molecular flexibility index (Phi) is 9.34. The quantitative estimate of drug-likeness (QED) is 0.403. The van der Waals surface area contributed by atoms with Crippen molar-refractivity contribution < 1.29 is 13.2 Å². The first-order valence-corrected chi connectivity index (χ1v) is 8.26. The molecule has 2 N–H and O–H groups in total. The van der Waals surface area contributed by atoms with E-state index in [1.54, 1.807) is 14.2 Å². The van der Waals surface area contributed by atoms with Gasteiger partial charge in [-0.1, -0.05) is 12.1 Å². The summed E-state index contributed by atoms with van der Waals surface area (Å²) in [4.78, 5) is 4.03. The second-order valence-electron chi connectivity index (χ2n) is 4.33. The lowest BCUT2D eigenvalue weighted by Crippen LogP contribution is -2.39. The molecule has 0 aliphatic rings. The van der Waals surface area contributed by atoms with E-state index in [2.05, 4.69) is 15.6 Å². The fraction of sp³-hybridized carbons (Fsp3) is 0.462. The lowest BCUT2D eigenvalue weighted by atomic mass is 10.2. The van der Waals surface area contributed by atoms with Crippen molar-refractivity contribution in [2.45, 2.75) is 6.54 Å². The van der Waals surface area contributed by atoms with Crippen molar-refractivity contribution in [3.05, 3.63) is 29.8 Å². The van der Waals surface area contributed by atoms with Crippen LogP contribution in [0.5, 0.6) is 5.75 Å². The summed E-state index contributed by atoms with van der Waals surface area (Å²) in [6.07, 6.45) is 1.21. The number of rotatable bonds is 6. The minimum absolute atomic E-state index is 0. The van der Waals surface area contributed by atoms with Crippen molar-refractivity contribution in [1.82, 2.24) is 10.6 Å². The number of benzene rings is 1. The monoisotopic (exact) mass is 427 g/mol. The SMILES string of the molecule is CN=C(NCCS(C)(=O)=O)NCc1cccc(OC)c1.I. The Morgan fingerprint density at radius 3 is 2.62 bits per heavy atom. The molecule has 8 heteroatoms. The van der Waals surface area contributed by atoms with Crippen molar-refractivity contribution in [1.29, 1.82) is 0 Å². The molecule has 0 saturated carbocycles. The van der Waals surface area contributed by atoms with Crippen LogP contribution in [-0.4, -0.2) is 47.1 Å². The lowest BCUT2D eigenvalue weighted by Gasteiger charge is -2.12. The third-order valence-corrected chi connectivity index (χ3v) is 3.53. The molecule has 0 spiro atoms. The van der Waals surface area contributed by atoms with E-state index in [0.29, 0.717) is 19.0 Å². The lowest BCUT2D eigenvalue weighted by molar-refractivity contribution is 0.414. The molecule has 1 aromatic rings. The molecule has 0 saturated heterocycles. The molecular weight excluding hydrogens is 405 g/mol. The molecule has 120 valence electrons. The zero-order chi connectivity index (χ0) is 15.0. The zero-order valence-electron chi connectivity index (χ0n) is 12.4. The van der Waals surface area contributed by atoms with Crippen LogP contribution in [0.4, 0.5) is 0 Å². The van der Waals surface area contributed by atoms with Gasteiger partial charge in [0.15, 0.2) is 5.96 Å². The summed E-state index contributed by atoms with van der Waals surface area (Å²) < 4.78 is 27.2. The van der Waals surface area contributed by atoms with Crippen LogP contribution in [0.2, 0.25) is 0 Å². The number of aliphatic imine (C=N–C) groups is 1. The summed E-state index contributed by atoms with van der Waals surface area (Å²) in [5.41, 5.74) is 1.05. The van der Waals surface area contributed by atoms with Crippen LogP contribution >= 0.6 is 24.0 Å². The first kappa shape index (κ1) is 20.0. The van der Waals surface area contributed by atoms with Crippen LogP contribution in [0.1, 0.15) is 5.56 Å². The molecule has 0 atom stereocenters. The standard InChI is InChI=1S/C13H21N3O3S.HI/c1-14-13(15-7-8-20(3,17)18)16-10-11-5-4-6-12(9-11)19-2;/h4-6,9H,7-8,10H2,1-3H3,(H2,14,15,16);1H. The number of ether oxygens (including phenoxy) is 1. The molecule has 6 nitrogen and oxygen atoms in total. The van der Waals surface area contributed by atoms with E-state index in [1.807, 2.05) is 24.3 Å². The van der Waals surface area contributed by atoms with Crippen LogP contribution < -0.4 is 15.4 Å². The van der Waals surface area contributed by atoms with E-state index >= 15 is 0 Å². The zero-order valence-corrected chi connectivity index (χ0v) is 15.6. The summed E-state index contributed by atoms with van der Waals surface area (Å²) in [5, 5.41) is 6.07. The maximum absolute atomic E-state index is 11.0. The Balaban J connectivity index is 0.00000400. The molecule has 0 aliphatic carbocycles. The van der Waals surface area contributed by atoms with Crippen molar-refractivity contribution in [2.24, 2.45) is 4.99 Å². The Bertz CT molecular complexity index is 562. The average Bonchev–Trinajstić information content (AvgIpc) is 2.41. The highest BCUT2D eigenvalue weighted by Crippen LogP contribution is 2.11. The van der Waals surface area contributed by atoms with Gasteiger partial charge in [-0.2, -0.15) is 0 Å². The highest BCUT2D eigenvalue weighted by atomic mass is 127. The van der Waals surface area contributed by atoms with Crippen molar-refractivity contribution in [3.63, 3.8) is 0 Å². The molecule has 21 heavy (non-hydrogen) atoms. The number of sulfone groups is 1. The van der Waals surface area contributed by atoms with Crippen molar-refractivity contribution in [2.75, 3.05) is 32.7 Å². The maximum Gasteiger partial charge on any atom is 0.191 e. The molecule has 0 aromatic heterocycles. The van der Waals surface area contributed by atoms with Gasteiger partial charge < -0.3 is 15.4 Å². The van der Waals surface area contributed by atoms with E-state index in [4.69, 9.17) is 4.74 Å². The third kappa shape index (κ3) is 8.76. The van der Waals surface area contributed by atoms with Gasteiger partial charge in [0.1, 0.15) is 15.6 Å². The summed E-state index contributed by atoms with van der Waals surface area (Å²) in [6, 6.07) is 7.69. The predicted octanol–water partition coefficient (Wildman–Crippen LogP) is 1.02. The minimum atomic E-state index is -2.97. The molecule has 0 bridgehead atoms. The van der Waals surface area contributed by atoms with Crippen molar-refractivity contribution in [3.8, 4) is 5.75 Å². The van der Waals surface area contributed by atoms with Crippen molar-refractivity contribution >= 4 is 39.8 Å². The third-order valence-electron chi connectivity index (χ3n) is 2.58. The van der Waals surface area contributed by atoms with Gasteiger partial charge in [-0.15, -0.1) is 24.0 Å². The van der Waals surface area contributed by atoms with Gasteiger partial charge in [0, 0.05) is 26.4 Å². The number of hydrogen-bond donors (Lipinski definition) is 2. The van der Waals surface area contributed by atoms with Crippen LogP contribution in [0, 0.1) is 0 Å². The molecule has 0 fully saturated rings. The molecule has 0 amide bonds. The second kappa shape index (κ2) is 9.82. The van der Waals surface area contributed by atoms with Gasteiger partial charge in [0.05, 0.1) is 12.9 Å². The first-order chi connectivity index (χ1) is 9.44. The van der Waals surface area contributed by atoms with Gasteiger partial charge in [0.25, 0.3) is 0 Å². The summed E-state index contributed by atoms with van der Waals surface area (Å²) in [5.74, 6) is 1.44. The second-order valence-corrected chi connectivity index (χ2v) is 6.59. The molecule has 0 heterocycles. The molecule has 0 radical (unpaired) electrons. The summed E-state index contributed by atoms with van der Waals surface area (Å²) >= 11 is 0. The molecule has 1 rings (SSSR count). The van der Waals surface area contributed by atoms with E-state index in [0.717, 1.165) is 11.3 Å². The number of guanidine groups is 1. The number of methoxy groups -OCH3 is 1. The van der Waals surface area contributed by atoms with Gasteiger partial charge in [-0.25, -0.2) is 8.42 Å². The van der Waals surface area contributed by atoms with E-state index in [1.165, 1.54) is 6.26 Å². The highest BCUT2D eigenvalue weighted by molar-refractivity contribution is 14.0. The molecule has 1 aromatic carbocycles. The van der Waals surface area contributed by atoms with E-state index < -0.39 is 9.84 Å². The highest BCUT2D eigenvalue weighted by Gasteiger charge is 2.03. The Morgan fingerprint density at radius 2 is 2.05 bits per heavy atom. The predicted molar refractivity (Wildman–Crippen MR) is 96.3 cm³/mol. The number of nitrogens with zero attached hydrogens (tertiary/aromatic N) is 1. The van der Waals surface area contributed by atoms with Crippen LogP contribution in [0.3, 0.4) is 0 Å². The smallest absolute Gasteiger partial charge is 0.191 e. The molecular formula is C13H22IN3O3S. The van der Waals surface area contributed by atoms with Gasteiger partial charge >= 0.3 is 0 Å². The fourth-order valence-electron chi connectivity index (χ4n) is 1.54. The average molecular weight is 427 g/mol. The summed E-state index contributed by atoms with van der Waals surface area (Å²) in [7, 11) is 0.298. The van der Waals surface area contributed by atoms with Crippen LogP contribution in [0.15, 0.2) is 29.3 Å². The van der Waals surface area contributed by atoms with Gasteiger partial charge in [0.2, 0.25) is 0 Å². The normalized spacial score (nSPS) is 11.5. The Hall–Kier alpha value is -1.03. The van der Waals surface area contributed by atoms with Gasteiger partial charge in [-0.05, 0) is 17.7 Å². The Morgan fingerprint density at radius 1 is 1.33 bits per heavy atom. The van der Waals surface area contributed by atoms with Gasteiger partial charge in [-0.3, -0.25) is 4.99 Å². The minimum Gasteiger partial charge on any atom is -0.497 e. The van der Waals surface area contributed by atoms with Crippen LogP contribution in [-0.2, 0) is 16.4 Å². The largest absolute Gasteiger partial charge is 0.497 e. The number of hydrogen-bond acceptors (Lipinski definition) is 4. The fourth-order valence-corrected chi connectivity index (χ4v) is 2.02.